The van der Waals surface area contributed by atoms with Gasteiger partial charge in [-0.1, -0.05) is 92.9 Å². The van der Waals surface area contributed by atoms with Crippen LogP contribution in [0.3, 0.4) is 0 Å². The van der Waals surface area contributed by atoms with E-state index < -0.39 is 5.41 Å². The third-order valence-electron chi connectivity index (χ3n) is 11.1. The summed E-state index contributed by atoms with van der Waals surface area (Å²) >= 11 is 0. The van der Waals surface area contributed by atoms with Gasteiger partial charge in [-0.2, -0.15) is 0 Å². The molecule has 5 rings (SSSR count). The largest absolute Gasteiger partial charge is 0.496 e. The molecule has 3 aromatic carbocycles. The third kappa shape index (κ3) is 9.05. The first kappa shape index (κ1) is 36.9. The van der Waals surface area contributed by atoms with Crippen molar-refractivity contribution < 1.29 is 14.3 Å². The Balaban J connectivity index is 1.03. The number of nitrogens with two attached hydrogens (primary N) is 1. The van der Waals surface area contributed by atoms with E-state index in [1.54, 1.807) is 14.2 Å². The van der Waals surface area contributed by atoms with E-state index in [-0.39, 0.29) is 11.8 Å². The van der Waals surface area contributed by atoms with E-state index in [4.69, 9.17) is 15.2 Å². The summed E-state index contributed by atoms with van der Waals surface area (Å²) in [5.41, 5.74) is 8.67. The number of amides is 1. The number of hydrogen-bond donors (Lipinski definition) is 1. The smallest absolute Gasteiger partial charge is 0.232 e. The maximum Gasteiger partial charge on any atom is 0.232 e. The zero-order valence-corrected chi connectivity index (χ0v) is 30.3. The van der Waals surface area contributed by atoms with Crippen LogP contribution in [0.15, 0.2) is 78.9 Å². The second-order valence-corrected chi connectivity index (χ2v) is 14.1. The van der Waals surface area contributed by atoms with Crippen LogP contribution < -0.4 is 15.2 Å². The van der Waals surface area contributed by atoms with Gasteiger partial charge in [0.1, 0.15) is 16.9 Å². The Bertz CT molecular complexity index is 1350. The van der Waals surface area contributed by atoms with E-state index in [2.05, 4.69) is 45.9 Å². The van der Waals surface area contributed by atoms with Crippen LogP contribution in [0.1, 0.15) is 81.4 Å². The number of methoxy groups -OCH3 is 2. The second kappa shape index (κ2) is 18.6. The fraction of sp³-hybridized carbons (Fsp3) is 0.548. The summed E-state index contributed by atoms with van der Waals surface area (Å²) in [4.78, 5) is 21.3. The van der Waals surface area contributed by atoms with Crippen LogP contribution in [-0.4, -0.2) is 86.7 Å². The first-order valence-corrected chi connectivity index (χ1v) is 18.8. The molecule has 2 N–H and O–H groups in total. The monoisotopic (exact) mass is 668 g/mol. The first-order chi connectivity index (χ1) is 24.0. The van der Waals surface area contributed by atoms with Gasteiger partial charge in [0.05, 0.1) is 19.8 Å². The Labute approximate surface area is 295 Å². The quantitative estimate of drug-likeness (QED) is 0.137. The highest BCUT2D eigenvalue weighted by molar-refractivity contribution is 5.91. The van der Waals surface area contributed by atoms with Crippen LogP contribution in [-0.2, 0) is 16.8 Å². The minimum atomic E-state index is -0.804. The van der Waals surface area contributed by atoms with E-state index in [0.29, 0.717) is 6.04 Å². The highest BCUT2D eigenvalue weighted by Gasteiger charge is 2.49. The molecule has 1 unspecified atom stereocenters. The van der Waals surface area contributed by atoms with Crippen molar-refractivity contribution in [3.63, 3.8) is 0 Å². The normalized spacial score (nSPS) is 17.8. The molecule has 2 heterocycles. The number of unbranched alkanes of at least 4 members (excludes halogenated alkanes) is 4. The van der Waals surface area contributed by atoms with E-state index in [1.165, 1.54) is 64.5 Å². The molecule has 1 atom stereocenters. The van der Waals surface area contributed by atoms with Crippen molar-refractivity contribution in [3.8, 4) is 11.5 Å². The average Bonchev–Trinajstić information content (AvgIpc) is 3.61. The molecule has 0 saturated carbocycles. The zero-order chi connectivity index (χ0) is 34.5. The number of carbonyl (C=O) groups excluding carboxylic acids is 1. The summed E-state index contributed by atoms with van der Waals surface area (Å²) in [5, 5.41) is 0. The molecule has 266 valence electrons. The number of hydrogen-bond acceptors (Lipinski definition) is 6. The fourth-order valence-corrected chi connectivity index (χ4v) is 8.61. The molecule has 2 fully saturated rings. The van der Waals surface area contributed by atoms with Crippen molar-refractivity contribution in [1.82, 2.24) is 14.7 Å². The highest BCUT2D eigenvalue weighted by Crippen LogP contribution is 2.43. The number of rotatable bonds is 19. The Morgan fingerprint density at radius 1 is 0.755 bits per heavy atom. The van der Waals surface area contributed by atoms with Crippen LogP contribution in [0, 0.1) is 5.92 Å². The number of piperidine rings is 1. The van der Waals surface area contributed by atoms with Crippen molar-refractivity contribution in [2.45, 2.75) is 82.7 Å². The van der Waals surface area contributed by atoms with Crippen molar-refractivity contribution in [3.05, 3.63) is 95.6 Å². The van der Waals surface area contributed by atoms with Crippen LogP contribution in [0.4, 0.5) is 0 Å². The summed E-state index contributed by atoms with van der Waals surface area (Å²) < 4.78 is 11.3. The lowest BCUT2D eigenvalue weighted by Gasteiger charge is -2.39. The molecule has 2 aliphatic heterocycles. The molecule has 2 saturated heterocycles. The fourth-order valence-electron chi connectivity index (χ4n) is 8.61. The number of ether oxygens (including phenoxy) is 2. The summed E-state index contributed by atoms with van der Waals surface area (Å²) in [6.07, 6.45) is 11.0. The topological polar surface area (TPSA) is 71.3 Å². The van der Waals surface area contributed by atoms with E-state index in [1.807, 2.05) is 54.6 Å². The van der Waals surface area contributed by atoms with Gasteiger partial charge in [0, 0.05) is 19.1 Å². The highest BCUT2D eigenvalue weighted by atomic mass is 16.5. The summed E-state index contributed by atoms with van der Waals surface area (Å²) in [6, 6.07) is 27.2. The molecular weight excluding hydrogens is 608 g/mol. The molecule has 7 heteroatoms. The molecule has 0 aliphatic carbocycles. The molecule has 0 bridgehead atoms. The molecule has 0 radical (unpaired) electrons. The van der Waals surface area contributed by atoms with E-state index in [9.17, 15) is 4.79 Å². The minimum Gasteiger partial charge on any atom is -0.496 e. The number of carbonyl (C=O) groups is 1. The van der Waals surface area contributed by atoms with Gasteiger partial charge in [-0.05, 0) is 107 Å². The van der Waals surface area contributed by atoms with Gasteiger partial charge in [0.2, 0.25) is 5.91 Å². The lowest BCUT2D eigenvalue weighted by molar-refractivity contribution is -0.123. The molecular formula is C42H60N4O3. The maximum absolute atomic E-state index is 13.4. The van der Waals surface area contributed by atoms with Gasteiger partial charge in [0.15, 0.2) is 0 Å². The van der Waals surface area contributed by atoms with Crippen molar-refractivity contribution in [1.29, 1.82) is 0 Å². The number of primary amides is 1. The summed E-state index contributed by atoms with van der Waals surface area (Å²) in [7, 11) is 3.48. The molecule has 3 aromatic rings. The van der Waals surface area contributed by atoms with Gasteiger partial charge in [-0.3, -0.25) is 9.69 Å². The molecule has 49 heavy (non-hydrogen) atoms. The Morgan fingerprint density at radius 3 is 1.90 bits per heavy atom. The van der Waals surface area contributed by atoms with E-state index in [0.717, 1.165) is 73.9 Å². The Morgan fingerprint density at radius 2 is 1.33 bits per heavy atom. The van der Waals surface area contributed by atoms with Crippen molar-refractivity contribution in [2.75, 3.05) is 60.0 Å². The summed E-state index contributed by atoms with van der Waals surface area (Å²) in [5.74, 6) is 1.74. The van der Waals surface area contributed by atoms with Crippen LogP contribution in [0.25, 0.3) is 0 Å². The average molecular weight is 669 g/mol. The summed E-state index contributed by atoms with van der Waals surface area (Å²) in [6.45, 7) is 10.8. The van der Waals surface area contributed by atoms with Gasteiger partial charge in [-0.25, -0.2) is 0 Å². The van der Waals surface area contributed by atoms with Crippen LogP contribution in [0.2, 0.25) is 0 Å². The Kier molecular flexibility index (Phi) is 14.0. The molecule has 2 aliphatic rings. The first-order valence-electron chi connectivity index (χ1n) is 18.8. The number of likely N-dealkylation sites (tertiary alicyclic amines) is 2. The molecule has 0 spiro atoms. The van der Waals surface area contributed by atoms with Gasteiger partial charge in [-0.15, -0.1) is 0 Å². The Hall–Kier alpha value is -3.39. The second-order valence-electron chi connectivity index (χ2n) is 14.1. The van der Waals surface area contributed by atoms with Gasteiger partial charge >= 0.3 is 0 Å². The van der Waals surface area contributed by atoms with Crippen LogP contribution >= 0.6 is 0 Å². The van der Waals surface area contributed by atoms with Gasteiger partial charge < -0.3 is 25.0 Å². The van der Waals surface area contributed by atoms with Gasteiger partial charge in [0.25, 0.3) is 0 Å². The minimum absolute atomic E-state index is 0.162. The molecule has 1 amide bonds. The maximum atomic E-state index is 13.4. The van der Waals surface area contributed by atoms with Crippen molar-refractivity contribution in [2.24, 2.45) is 11.7 Å². The lowest BCUT2D eigenvalue weighted by atomic mass is 9.64. The standard InChI is InChI=1S/C42H60N4O3/c1-4-26-46(37-24-30-45(31-25-37)33-38-39(48-2)21-16-22-40(38)49-3)28-15-7-5-6-14-27-44-29-23-36(32-44)42(41(43)47,34-17-10-8-11-18-34)35-19-12-9-13-20-35/h8-13,16-22,36-37H,4-7,14-15,23-33H2,1-3H3,(H2,43,47). The van der Waals surface area contributed by atoms with Crippen LogP contribution in [0.5, 0.6) is 11.5 Å². The predicted octanol–water partition coefficient (Wildman–Crippen LogP) is 7.12. The van der Waals surface area contributed by atoms with E-state index >= 15 is 0 Å². The van der Waals surface area contributed by atoms with Crippen molar-refractivity contribution >= 4 is 5.91 Å². The predicted molar refractivity (Wildman–Crippen MR) is 200 cm³/mol. The molecule has 0 aromatic heterocycles. The number of nitrogens with zero attached hydrogens (tertiary/aromatic N) is 3. The molecule has 7 nitrogen and oxygen atoms in total. The lowest BCUT2D eigenvalue weighted by Crippen LogP contribution is -2.49. The SMILES string of the molecule is CCCN(CCCCCCCN1CCC(C(C(N)=O)(c2ccccc2)c2ccccc2)C1)C1CCN(Cc2c(OC)cccc2OC)CC1. The zero-order valence-electron chi connectivity index (χ0n) is 30.3. The number of benzene rings is 3. The third-order valence-corrected chi connectivity index (χ3v) is 11.1.